The third-order valence-corrected chi connectivity index (χ3v) is 13.0. The molecule has 1 aliphatic carbocycles. The molecule has 1 unspecified atom stereocenters. The monoisotopic (exact) mass is 772 g/mol. The van der Waals surface area contributed by atoms with Crippen molar-refractivity contribution in [3.63, 3.8) is 0 Å². The maximum Gasteiger partial charge on any atom is 0.235 e. The van der Waals surface area contributed by atoms with Gasteiger partial charge in [0.15, 0.2) is 0 Å². The number of aromatic nitrogens is 3. The van der Waals surface area contributed by atoms with Crippen molar-refractivity contribution >= 4 is 66.6 Å². The Morgan fingerprint density at radius 2 is 1.24 bits per heavy atom. The van der Waals surface area contributed by atoms with Gasteiger partial charge >= 0.3 is 0 Å². The van der Waals surface area contributed by atoms with Crippen LogP contribution in [0.4, 0.5) is 11.4 Å². The number of hydrogen-bond acceptors (Lipinski definition) is 4. The topological polar surface area (TPSA) is 34.0 Å². The lowest BCUT2D eigenvalue weighted by molar-refractivity contribution is 0.836. The molecule has 2 aromatic heterocycles. The van der Waals surface area contributed by atoms with Crippen LogP contribution in [0, 0.1) is 0 Å². The quantitative estimate of drug-likeness (QED) is 0.174. The highest BCUT2D eigenvalue weighted by molar-refractivity contribution is 8.03. The summed E-state index contributed by atoms with van der Waals surface area (Å²) in [5, 5.41) is 5.91. The highest BCUT2D eigenvalue weighted by Gasteiger charge is 2.30. The minimum Gasteiger partial charge on any atom is -0.309 e. The molecule has 5 heteroatoms. The van der Waals surface area contributed by atoms with Gasteiger partial charge in [-0.2, -0.15) is 0 Å². The molecule has 0 N–H and O–H groups in total. The van der Waals surface area contributed by atoms with Gasteiger partial charge in [0.05, 0.1) is 33.6 Å². The van der Waals surface area contributed by atoms with Crippen LogP contribution in [0.1, 0.15) is 17.9 Å². The van der Waals surface area contributed by atoms with Gasteiger partial charge < -0.3 is 4.90 Å². The predicted octanol–water partition coefficient (Wildman–Crippen LogP) is 14.4. The van der Waals surface area contributed by atoms with Crippen molar-refractivity contribution in [2.45, 2.75) is 17.2 Å². The number of nitrogens with zero attached hydrogens (tertiary/aromatic N) is 4. The smallest absolute Gasteiger partial charge is 0.235 e. The fourth-order valence-corrected chi connectivity index (χ4v) is 10.3. The molecule has 0 fully saturated rings. The second-order valence-electron chi connectivity index (χ2n) is 15.3. The summed E-state index contributed by atoms with van der Waals surface area (Å²) in [6.45, 7) is 0. The van der Waals surface area contributed by atoms with Crippen LogP contribution in [0.3, 0.4) is 0 Å². The zero-order chi connectivity index (χ0) is 38.9. The van der Waals surface area contributed by atoms with Crippen LogP contribution in [0.15, 0.2) is 216 Å². The minimum atomic E-state index is 0.226. The molecule has 278 valence electrons. The zero-order valence-corrected chi connectivity index (χ0v) is 32.9. The van der Waals surface area contributed by atoms with Gasteiger partial charge in [-0.3, -0.25) is 4.57 Å². The minimum absolute atomic E-state index is 0.226. The van der Waals surface area contributed by atoms with E-state index in [9.17, 15) is 0 Å². The van der Waals surface area contributed by atoms with E-state index in [1.54, 1.807) is 0 Å². The molecule has 2 aliphatic rings. The van der Waals surface area contributed by atoms with Crippen LogP contribution in [0.25, 0.3) is 71.8 Å². The molecule has 4 nitrogen and oxygen atoms in total. The molecule has 8 aromatic carbocycles. The molecular weight excluding hydrogens is 737 g/mol. The Hall–Kier alpha value is -7.21. The molecule has 59 heavy (non-hydrogen) atoms. The number of allylic oxidation sites excluding steroid dienone is 2. The van der Waals surface area contributed by atoms with Gasteiger partial charge in [0.2, 0.25) is 5.95 Å². The highest BCUT2D eigenvalue weighted by atomic mass is 32.2. The van der Waals surface area contributed by atoms with E-state index < -0.39 is 0 Å². The molecule has 0 saturated heterocycles. The summed E-state index contributed by atoms with van der Waals surface area (Å²) in [7, 11) is 0. The molecule has 0 amide bonds. The van der Waals surface area contributed by atoms with E-state index in [1.165, 1.54) is 65.1 Å². The Bertz CT molecular complexity index is 3330. The summed E-state index contributed by atoms with van der Waals surface area (Å²) in [6.07, 6.45) is 5.85. The SMILES string of the molecule is C1=C2Sc3ccccc3N(c3ccccc3)C2=CCC1c1ccc2c(c1)c1c3ccccc3ccc1n2-c1nc(-c2ccc(-c3ccccc3)cc2)c2ccccc2n1. The number of anilines is 2. The molecule has 1 atom stereocenters. The van der Waals surface area contributed by atoms with Crippen molar-refractivity contribution in [3.8, 4) is 28.3 Å². The number of benzene rings is 8. The van der Waals surface area contributed by atoms with Gasteiger partial charge in [-0.05, 0) is 82.4 Å². The Morgan fingerprint density at radius 1 is 0.542 bits per heavy atom. The summed E-state index contributed by atoms with van der Waals surface area (Å²) in [5.41, 5.74) is 12.4. The van der Waals surface area contributed by atoms with Crippen molar-refractivity contribution in [2.24, 2.45) is 0 Å². The first-order chi connectivity index (χ1) is 29.2. The summed E-state index contributed by atoms with van der Waals surface area (Å²) >= 11 is 1.88. The average Bonchev–Trinajstić information content (AvgIpc) is 3.65. The Labute approximate surface area is 346 Å². The lowest BCUT2D eigenvalue weighted by Crippen LogP contribution is -2.23. The van der Waals surface area contributed by atoms with Crippen LogP contribution in [0.2, 0.25) is 0 Å². The van der Waals surface area contributed by atoms with E-state index in [-0.39, 0.29) is 5.92 Å². The van der Waals surface area contributed by atoms with Gasteiger partial charge in [-0.15, -0.1) is 0 Å². The molecule has 1 aliphatic heterocycles. The van der Waals surface area contributed by atoms with Crippen molar-refractivity contribution in [3.05, 3.63) is 216 Å². The molecule has 0 radical (unpaired) electrons. The van der Waals surface area contributed by atoms with Crippen molar-refractivity contribution in [2.75, 3.05) is 4.90 Å². The highest BCUT2D eigenvalue weighted by Crippen LogP contribution is 2.52. The van der Waals surface area contributed by atoms with Gasteiger partial charge in [-0.25, -0.2) is 9.97 Å². The molecule has 0 spiro atoms. The number of hydrogen-bond donors (Lipinski definition) is 0. The third kappa shape index (κ3) is 5.61. The van der Waals surface area contributed by atoms with E-state index in [1.807, 2.05) is 11.8 Å². The van der Waals surface area contributed by atoms with Crippen molar-refractivity contribution in [1.29, 1.82) is 0 Å². The first kappa shape index (κ1) is 33.9. The maximum absolute atomic E-state index is 5.43. The summed E-state index contributed by atoms with van der Waals surface area (Å²) < 4.78 is 2.28. The Kier molecular flexibility index (Phi) is 7.88. The van der Waals surface area contributed by atoms with E-state index in [4.69, 9.17) is 9.97 Å². The second kappa shape index (κ2) is 13.7. The lowest BCUT2D eigenvalue weighted by atomic mass is 9.89. The molecule has 0 bridgehead atoms. The van der Waals surface area contributed by atoms with E-state index >= 15 is 0 Å². The van der Waals surface area contributed by atoms with E-state index in [0.29, 0.717) is 5.95 Å². The fourth-order valence-electron chi connectivity index (χ4n) is 9.12. The van der Waals surface area contributed by atoms with Crippen LogP contribution in [0.5, 0.6) is 0 Å². The Balaban J connectivity index is 1.01. The summed E-state index contributed by atoms with van der Waals surface area (Å²) in [4.78, 5) is 15.7. The number of thioether (sulfide) groups is 1. The molecule has 3 heterocycles. The second-order valence-corrected chi connectivity index (χ2v) is 16.4. The van der Waals surface area contributed by atoms with Crippen molar-refractivity contribution in [1.82, 2.24) is 14.5 Å². The van der Waals surface area contributed by atoms with Crippen LogP contribution >= 0.6 is 11.8 Å². The largest absolute Gasteiger partial charge is 0.309 e. The maximum atomic E-state index is 5.43. The molecule has 12 rings (SSSR count). The normalized spacial score (nSPS) is 15.0. The van der Waals surface area contributed by atoms with Gasteiger partial charge in [0.1, 0.15) is 0 Å². The first-order valence-corrected chi connectivity index (χ1v) is 21.0. The zero-order valence-electron chi connectivity index (χ0n) is 32.0. The third-order valence-electron chi connectivity index (χ3n) is 11.9. The standard InChI is InChI=1S/C54H36N4S/c1-3-13-35(14-4-1)36-23-25-38(26-24-36)53-43-19-9-10-20-45(43)55-54(56-53)58-46-30-28-39(33-44(46)52-42-18-8-7-15-37(42)27-32-49(52)58)40-29-31-48-51(34-40)59-50-22-12-11-21-47(50)57(48)41-16-5-2-6-17-41/h1-28,30-34,40H,29H2. The fraction of sp³-hybridized carbons (Fsp3) is 0.0370. The summed E-state index contributed by atoms with van der Waals surface area (Å²) in [6, 6.07) is 67.4. The van der Waals surface area contributed by atoms with Gasteiger partial charge in [-0.1, -0.05) is 163 Å². The number of rotatable bonds is 5. The Morgan fingerprint density at radius 3 is 2.10 bits per heavy atom. The number of para-hydroxylation sites is 3. The molecule has 10 aromatic rings. The van der Waals surface area contributed by atoms with E-state index in [2.05, 4.69) is 210 Å². The number of fused-ring (bicyclic) bond motifs is 8. The van der Waals surface area contributed by atoms with Gasteiger partial charge in [0.25, 0.3) is 0 Å². The van der Waals surface area contributed by atoms with Gasteiger partial charge in [0, 0.05) is 43.1 Å². The molecular formula is C54H36N4S. The van der Waals surface area contributed by atoms with E-state index in [0.717, 1.165) is 39.6 Å². The summed E-state index contributed by atoms with van der Waals surface area (Å²) in [5.74, 6) is 0.892. The van der Waals surface area contributed by atoms with Crippen LogP contribution in [-0.2, 0) is 0 Å². The van der Waals surface area contributed by atoms with Crippen LogP contribution in [-0.4, -0.2) is 14.5 Å². The average molecular weight is 773 g/mol. The lowest BCUT2D eigenvalue weighted by Gasteiger charge is -2.37. The predicted molar refractivity (Wildman–Crippen MR) is 247 cm³/mol. The van der Waals surface area contributed by atoms with Crippen LogP contribution < -0.4 is 4.90 Å². The van der Waals surface area contributed by atoms with Crippen molar-refractivity contribution < 1.29 is 0 Å². The first-order valence-electron chi connectivity index (χ1n) is 20.2. The molecule has 0 saturated carbocycles.